The summed E-state index contributed by atoms with van der Waals surface area (Å²) in [5, 5.41) is 0. The van der Waals surface area contributed by atoms with Crippen LogP contribution in [0.15, 0.2) is 24.3 Å². The van der Waals surface area contributed by atoms with Crippen molar-refractivity contribution in [2.75, 3.05) is 24.3 Å². The first-order chi connectivity index (χ1) is 8.22. The number of ether oxygens (including phenoxy) is 1. The van der Waals surface area contributed by atoms with Gasteiger partial charge in [-0.05, 0) is 42.5 Å². The third kappa shape index (κ3) is 6.22. The maximum atomic E-state index is 11.4. The van der Waals surface area contributed by atoms with Crippen molar-refractivity contribution in [3.8, 4) is 0 Å². The molecule has 0 aromatic heterocycles. The lowest BCUT2D eigenvalue weighted by molar-refractivity contribution is -0.143. The molecule has 0 saturated carbocycles. The number of aryl methyl sites for hydroxylation is 1. The maximum absolute atomic E-state index is 11.4. The van der Waals surface area contributed by atoms with Gasteiger partial charge < -0.3 is 10.5 Å². The number of hydrogen-bond donors (Lipinski definition) is 1. The molecule has 4 heteroatoms. The highest BCUT2D eigenvalue weighted by atomic mass is 32.2. The summed E-state index contributed by atoms with van der Waals surface area (Å²) in [5.74, 6) is 0.911. The van der Waals surface area contributed by atoms with Crippen LogP contribution in [0.3, 0.4) is 0 Å². The van der Waals surface area contributed by atoms with Crippen molar-refractivity contribution in [2.24, 2.45) is 0 Å². The zero-order chi connectivity index (χ0) is 12.5. The van der Waals surface area contributed by atoms with Crippen molar-refractivity contribution in [3.05, 3.63) is 29.8 Å². The van der Waals surface area contributed by atoms with Crippen molar-refractivity contribution >= 4 is 23.4 Å². The molecule has 0 aliphatic heterocycles. The van der Waals surface area contributed by atoms with E-state index in [0.29, 0.717) is 19.4 Å². The largest absolute Gasteiger partial charge is 0.466 e. The van der Waals surface area contributed by atoms with Crippen molar-refractivity contribution in [2.45, 2.75) is 19.3 Å². The number of carbonyl (C=O) groups excluding carboxylic acids is 1. The lowest BCUT2D eigenvalue weighted by Crippen LogP contribution is -2.07. The molecular weight excluding hydrogens is 234 g/mol. The molecule has 17 heavy (non-hydrogen) atoms. The summed E-state index contributed by atoms with van der Waals surface area (Å²) >= 11 is 1.76. The Balaban J connectivity index is 2.17. The van der Waals surface area contributed by atoms with E-state index >= 15 is 0 Å². The van der Waals surface area contributed by atoms with Crippen LogP contribution in [-0.2, 0) is 16.0 Å². The molecule has 0 spiro atoms. The van der Waals surface area contributed by atoms with Gasteiger partial charge >= 0.3 is 5.97 Å². The van der Waals surface area contributed by atoms with Gasteiger partial charge in [0.1, 0.15) is 0 Å². The molecule has 0 radical (unpaired) electrons. The van der Waals surface area contributed by atoms with Gasteiger partial charge in [0.25, 0.3) is 0 Å². The molecule has 1 rings (SSSR count). The van der Waals surface area contributed by atoms with Crippen molar-refractivity contribution < 1.29 is 9.53 Å². The first-order valence-corrected chi connectivity index (χ1v) is 7.10. The minimum absolute atomic E-state index is 0.122. The van der Waals surface area contributed by atoms with E-state index in [2.05, 4.69) is 0 Å². The Morgan fingerprint density at radius 1 is 1.35 bits per heavy atom. The van der Waals surface area contributed by atoms with Gasteiger partial charge in [-0.2, -0.15) is 11.8 Å². The van der Waals surface area contributed by atoms with E-state index in [9.17, 15) is 4.79 Å². The van der Waals surface area contributed by atoms with Crippen molar-refractivity contribution in [3.63, 3.8) is 0 Å². The van der Waals surface area contributed by atoms with Crippen LogP contribution < -0.4 is 5.73 Å². The second-order valence-corrected chi connectivity index (χ2v) is 4.79. The lowest BCUT2D eigenvalue weighted by atomic mass is 10.1. The maximum Gasteiger partial charge on any atom is 0.306 e. The van der Waals surface area contributed by atoms with Crippen LogP contribution in [0, 0.1) is 0 Å². The Bertz CT molecular complexity index is 338. The first-order valence-electron chi connectivity index (χ1n) is 5.71. The van der Waals surface area contributed by atoms with E-state index in [-0.39, 0.29) is 5.97 Å². The fourth-order valence-electron chi connectivity index (χ4n) is 1.39. The van der Waals surface area contributed by atoms with E-state index in [4.69, 9.17) is 10.5 Å². The Morgan fingerprint density at radius 3 is 2.71 bits per heavy atom. The second-order valence-electron chi connectivity index (χ2n) is 3.81. The normalized spacial score (nSPS) is 10.2. The molecular formula is C13H19NO2S. The number of hydrogen-bond acceptors (Lipinski definition) is 4. The quantitative estimate of drug-likeness (QED) is 0.461. The van der Waals surface area contributed by atoms with Crippen LogP contribution >= 0.6 is 11.8 Å². The zero-order valence-electron chi connectivity index (χ0n) is 10.1. The number of benzene rings is 1. The molecule has 0 aliphatic carbocycles. The smallest absolute Gasteiger partial charge is 0.306 e. The number of rotatable bonds is 7. The summed E-state index contributed by atoms with van der Waals surface area (Å²) in [6, 6.07) is 7.57. The van der Waals surface area contributed by atoms with Crippen LogP contribution in [0.1, 0.15) is 18.4 Å². The summed E-state index contributed by atoms with van der Waals surface area (Å²) in [4.78, 5) is 11.4. The molecule has 3 nitrogen and oxygen atoms in total. The topological polar surface area (TPSA) is 52.3 Å². The van der Waals surface area contributed by atoms with E-state index < -0.39 is 0 Å². The van der Waals surface area contributed by atoms with Gasteiger partial charge in [-0.15, -0.1) is 0 Å². The number of thioether (sulfide) groups is 1. The minimum atomic E-state index is -0.122. The third-order valence-electron chi connectivity index (χ3n) is 2.35. The van der Waals surface area contributed by atoms with E-state index in [0.717, 1.165) is 23.4 Å². The van der Waals surface area contributed by atoms with Gasteiger partial charge in [-0.25, -0.2) is 0 Å². The van der Waals surface area contributed by atoms with Gasteiger partial charge in [0, 0.05) is 12.1 Å². The molecule has 2 N–H and O–H groups in total. The summed E-state index contributed by atoms with van der Waals surface area (Å²) in [5.41, 5.74) is 7.44. The van der Waals surface area contributed by atoms with Gasteiger partial charge in [0.2, 0.25) is 0 Å². The van der Waals surface area contributed by atoms with Gasteiger partial charge in [0.15, 0.2) is 0 Å². The van der Waals surface area contributed by atoms with E-state index in [1.54, 1.807) is 11.8 Å². The van der Waals surface area contributed by atoms with Crippen LogP contribution in [0.2, 0.25) is 0 Å². The summed E-state index contributed by atoms with van der Waals surface area (Å²) in [7, 11) is 0. The zero-order valence-corrected chi connectivity index (χ0v) is 11.0. The Kier molecular flexibility index (Phi) is 6.55. The summed E-state index contributed by atoms with van der Waals surface area (Å²) < 4.78 is 5.11. The lowest BCUT2D eigenvalue weighted by Gasteiger charge is -2.04. The predicted octanol–water partition coefficient (Wildman–Crippen LogP) is 2.50. The van der Waals surface area contributed by atoms with Crippen LogP contribution in [0.4, 0.5) is 5.69 Å². The van der Waals surface area contributed by atoms with Crippen LogP contribution in [-0.4, -0.2) is 24.6 Å². The SMILES string of the molecule is CSCCCOC(=O)CCc1ccc(N)cc1. The second kappa shape index (κ2) is 8.01. The number of nitrogens with two attached hydrogens (primary N) is 1. The van der Waals surface area contributed by atoms with Gasteiger partial charge in [0.05, 0.1) is 6.61 Å². The highest BCUT2D eigenvalue weighted by Gasteiger charge is 2.03. The highest BCUT2D eigenvalue weighted by molar-refractivity contribution is 7.98. The minimum Gasteiger partial charge on any atom is -0.466 e. The summed E-state index contributed by atoms with van der Waals surface area (Å²) in [6.07, 6.45) is 4.11. The average molecular weight is 253 g/mol. The van der Waals surface area contributed by atoms with E-state index in [1.807, 2.05) is 30.5 Å². The molecule has 0 saturated heterocycles. The Labute approximate surface area is 107 Å². The summed E-state index contributed by atoms with van der Waals surface area (Å²) in [6.45, 7) is 0.529. The third-order valence-corrected chi connectivity index (χ3v) is 3.05. The molecule has 94 valence electrons. The number of nitrogen functional groups attached to an aromatic ring is 1. The standard InChI is InChI=1S/C13H19NO2S/c1-17-10-2-9-16-13(15)8-5-11-3-6-12(14)7-4-11/h3-4,6-7H,2,5,8-10,14H2,1H3. The molecule has 0 heterocycles. The fraction of sp³-hybridized carbons (Fsp3) is 0.462. The first kappa shape index (κ1) is 13.9. The predicted molar refractivity (Wildman–Crippen MR) is 73.1 cm³/mol. The molecule has 0 unspecified atom stereocenters. The number of esters is 1. The highest BCUT2D eigenvalue weighted by Crippen LogP contribution is 2.08. The van der Waals surface area contributed by atoms with Gasteiger partial charge in [-0.3, -0.25) is 4.79 Å². The molecule has 1 aromatic carbocycles. The average Bonchev–Trinajstić information content (AvgIpc) is 2.34. The molecule has 0 amide bonds. The van der Waals surface area contributed by atoms with E-state index in [1.165, 1.54) is 0 Å². The Morgan fingerprint density at radius 2 is 2.06 bits per heavy atom. The van der Waals surface area contributed by atoms with Crippen LogP contribution in [0.25, 0.3) is 0 Å². The molecule has 0 bridgehead atoms. The Hall–Kier alpha value is -1.16. The number of carbonyl (C=O) groups is 1. The molecule has 0 fully saturated rings. The molecule has 1 aromatic rings. The van der Waals surface area contributed by atoms with Crippen molar-refractivity contribution in [1.82, 2.24) is 0 Å². The van der Waals surface area contributed by atoms with Gasteiger partial charge in [-0.1, -0.05) is 12.1 Å². The van der Waals surface area contributed by atoms with Crippen molar-refractivity contribution in [1.29, 1.82) is 0 Å². The van der Waals surface area contributed by atoms with Crippen LogP contribution in [0.5, 0.6) is 0 Å². The number of anilines is 1. The molecule has 0 aliphatic rings. The fourth-order valence-corrected chi connectivity index (χ4v) is 1.80. The monoisotopic (exact) mass is 253 g/mol. The molecule has 0 atom stereocenters.